The van der Waals surface area contributed by atoms with Crippen LogP contribution in [0.4, 0.5) is 5.82 Å². The first-order chi connectivity index (χ1) is 12.4. The highest BCUT2D eigenvalue weighted by Gasteiger charge is 2.33. The third-order valence-electron chi connectivity index (χ3n) is 5.22. The number of nitrogens with zero attached hydrogens (tertiary/aromatic N) is 2. The number of hydrogen-bond donors (Lipinski definition) is 1. The minimum atomic E-state index is -3.01. The van der Waals surface area contributed by atoms with Crippen molar-refractivity contribution in [2.24, 2.45) is 0 Å². The average molecular weight is 378 g/mol. The third kappa shape index (κ3) is 4.84. The van der Waals surface area contributed by atoms with Gasteiger partial charge in [0, 0.05) is 31.4 Å². The molecule has 1 saturated heterocycles. The van der Waals surface area contributed by atoms with E-state index in [-0.39, 0.29) is 23.5 Å². The molecule has 1 aromatic rings. The van der Waals surface area contributed by atoms with Crippen LogP contribution in [0.2, 0.25) is 0 Å². The van der Waals surface area contributed by atoms with E-state index in [9.17, 15) is 13.2 Å². The Labute approximate surface area is 155 Å². The minimum Gasteiger partial charge on any atom is -0.370 e. The molecule has 1 N–H and O–H groups in total. The van der Waals surface area contributed by atoms with E-state index in [1.807, 2.05) is 0 Å². The van der Waals surface area contributed by atoms with E-state index >= 15 is 0 Å². The maximum absolute atomic E-state index is 12.7. The number of carbonyl (C=O) groups excluding carboxylic acids is 1. The van der Waals surface area contributed by atoms with E-state index in [0.717, 1.165) is 13.0 Å². The number of nitrogens with one attached hydrogen (secondary N) is 1. The Kier molecular flexibility index (Phi) is 5.96. The van der Waals surface area contributed by atoms with Crippen molar-refractivity contribution >= 4 is 21.6 Å². The molecule has 1 atom stereocenters. The zero-order valence-corrected chi connectivity index (χ0v) is 16.1. The lowest BCUT2D eigenvalue weighted by Gasteiger charge is -2.23. The fourth-order valence-corrected chi connectivity index (χ4v) is 5.37. The van der Waals surface area contributed by atoms with E-state index in [1.165, 1.54) is 31.3 Å². The molecule has 1 amide bonds. The van der Waals surface area contributed by atoms with Crippen LogP contribution in [0, 0.1) is 0 Å². The number of anilines is 1. The number of sulfone groups is 1. The Balaban J connectivity index is 1.57. The Morgan fingerprint density at radius 3 is 2.92 bits per heavy atom. The molecule has 0 bridgehead atoms. The number of pyridine rings is 1. The van der Waals surface area contributed by atoms with Gasteiger partial charge in [-0.3, -0.25) is 4.79 Å². The normalized spacial score (nSPS) is 21.9. The number of hydrogen-bond acceptors (Lipinski definition) is 5. The monoisotopic (exact) mass is 377 g/mol. The second-order valence-electron chi connectivity index (χ2n) is 7.19. The summed E-state index contributed by atoms with van der Waals surface area (Å²) in [6.07, 6.45) is 10.4. The van der Waals surface area contributed by atoms with Crippen LogP contribution in [0.1, 0.15) is 48.9 Å². The molecular weight excluding hydrogens is 350 g/mol. The van der Waals surface area contributed by atoms with Crippen LogP contribution in [0.15, 0.2) is 30.0 Å². The molecule has 0 saturated carbocycles. The minimum absolute atomic E-state index is 0.0561. The highest BCUT2D eigenvalue weighted by Crippen LogP contribution is 2.21. The molecule has 0 radical (unpaired) electrons. The summed E-state index contributed by atoms with van der Waals surface area (Å²) in [7, 11) is -1.33. The van der Waals surface area contributed by atoms with Crippen LogP contribution in [-0.2, 0) is 9.84 Å². The molecule has 1 fully saturated rings. The van der Waals surface area contributed by atoms with Crippen molar-refractivity contribution in [1.29, 1.82) is 0 Å². The molecule has 142 valence electrons. The lowest BCUT2D eigenvalue weighted by molar-refractivity contribution is 0.0747. The molecular formula is C19H27N3O3S. The molecule has 1 aromatic heterocycles. The van der Waals surface area contributed by atoms with Crippen molar-refractivity contribution in [2.75, 3.05) is 30.4 Å². The second kappa shape index (κ2) is 8.20. The van der Waals surface area contributed by atoms with Gasteiger partial charge in [-0.25, -0.2) is 13.4 Å². The van der Waals surface area contributed by atoms with E-state index < -0.39 is 9.84 Å². The summed E-state index contributed by atoms with van der Waals surface area (Å²) >= 11 is 0. The van der Waals surface area contributed by atoms with Gasteiger partial charge in [0.15, 0.2) is 9.84 Å². The van der Waals surface area contributed by atoms with E-state index in [2.05, 4.69) is 16.4 Å². The zero-order valence-electron chi connectivity index (χ0n) is 15.3. The molecule has 7 heteroatoms. The van der Waals surface area contributed by atoms with Gasteiger partial charge in [0.25, 0.3) is 5.91 Å². The SMILES string of the molecule is CN(C(=O)c1ccnc(NCCC2=CCCCC2)c1)C1CCS(=O)(=O)C1. The summed E-state index contributed by atoms with van der Waals surface area (Å²) < 4.78 is 23.3. The fraction of sp³-hybridized carbons (Fsp3) is 0.579. The smallest absolute Gasteiger partial charge is 0.254 e. The molecule has 2 aliphatic rings. The lowest BCUT2D eigenvalue weighted by Crippen LogP contribution is -2.37. The van der Waals surface area contributed by atoms with Crippen molar-refractivity contribution in [3.8, 4) is 0 Å². The van der Waals surface area contributed by atoms with Crippen molar-refractivity contribution in [3.63, 3.8) is 0 Å². The molecule has 1 aliphatic heterocycles. The fourth-order valence-electron chi connectivity index (χ4n) is 3.59. The molecule has 1 aliphatic carbocycles. The van der Waals surface area contributed by atoms with Crippen LogP contribution in [0.3, 0.4) is 0 Å². The Bertz CT molecular complexity index is 789. The number of carbonyl (C=O) groups is 1. The molecule has 3 rings (SSSR count). The quantitative estimate of drug-likeness (QED) is 0.771. The number of amides is 1. The summed E-state index contributed by atoms with van der Waals surface area (Å²) in [6.45, 7) is 0.799. The van der Waals surface area contributed by atoms with Crippen molar-refractivity contribution in [1.82, 2.24) is 9.88 Å². The predicted molar refractivity (Wildman–Crippen MR) is 103 cm³/mol. The average Bonchev–Trinajstić information content (AvgIpc) is 3.01. The second-order valence-corrected chi connectivity index (χ2v) is 9.42. The summed E-state index contributed by atoms with van der Waals surface area (Å²) in [5.41, 5.74) is 2.03. The molecule has 2 heterocycles. The van der Waals surface area contributed by atoms with Gasteiger partial charge in [-0.05, 0) is 50.7 Å². The van der Waals surface area contributed by atoms with Crippen LogP contribution in [-0.4, -0.2) is 55.3 Å². The van der Waals surface area contributed by atoms with Gasteiger partial charge < -0.3 is 10.2 Å². The molecule has 26 heavy (non-hydrogen) atoms. The number of rotatable bonds is 6. The van der Waals surface area contributed by atoms with Gasteiger partial charge in [0.1, 0.15) is 5.82 Å². The van der Waals surface area contributed by atoms with E-state index in [1.54, 1.807) is 30.3 Å². The van der Waals surface area contributed by atoms with Gasteiger partial charge in [0.05, 0.1) is 11.5 Å². The number of aromatic nitrogens is 1. The van der Waals surface area contributed by atoms with Gasteiger partial charge in [-0.15, -0.1) is 0 Å². The van der Waals surface area contributed by atoms with Crippen molar-refractivity contribution < 1.29 is 13.2 Å². The summed E-state index contributed by atoms with van der Waals surface area (Å²) in [6, 6.07) is 3.18. The Morgan fingerprint density at radius 1 is 1.38 bits per heavy atom. The maximum atomic E-state index is 12.7. The first-order valence-electron chi connectivity index (χ1n) is 9.30. The summed E-state index contributed by atoms with van der Waals surface area (Å²) in [5.74, 6) is 0.738. The topological polar surface area (TPSA) is 79.4 Å². The highest BCUT2D eigenvalue weighted by atomic mass is 32.2. The van der Waals surface area contributed by atoms with Gasteiger partial charge in [-0.1, -0.05) is 11.6 Å². The maximum Gasteiger partial charge on any atom is 0.254 e. The molecule has 6 nitrogen and oxygen atoms in total. The largest absolute Gasteiger partial charge is 0.370 e. The van der Waals surface area contributed by atoms with Crippen molar-refractivity contribution in [2.45, 2.75) is 44.6 Å². The predicted octanol–water partition coefficient (Wildman–Crippen LogP) is 2.64. The highest BCUT2D eigenvalue weighted by molar-refractivity contribution is 7.91. The van der Waals surface area contributed by atoms with Crippen LogP contribution in [0.25, 0.3) is 0 Å². The third-order valence-corrected chi connectivity index (χ3v) is 6.97. The molecule has 0 aromatic carbocycles. The van der Waals surface area contributed by atoms with Crippen molar-refractivity contribution in [3.05, 3.63) is 35.5 Å². The van der Waals surface area contributed by atoms with Crippen LogP contribution < -0.4 is 5.32 Å². The lowest BCUT2D eigenvalue weighted by atomic mass is 9.97. The van der Waals surface area contributed by atoms with Gasteiger partial charge in [0.2, 0.25) is 0 Å². The zero-order chi connectivity index (χ0) is 18.6. The van der Waals surface area contributed by atoms with Gasteiger partial charge >= 0.3 is 0 Å². The summed E-state index contributed by atoms with van der Waals surface area (Å²) in [5, 5.41) is 3.29. The summed E-state index contributed by atoms with van der Waals surface area (Å²) in [4.78, 5) is 18.5. The Hall–Kier alpha value is -1.89. The molecule has 1 unspecified atom stereocenters. The van der Waals surface area contributed by atoms with Crippen LogP contribution >= 0.6 is 0 Å². The first-order valence-corrected chi connectivity index (χ1v) is 11.1. The van der Waals surface area contributed by atoms with Crippen LogP contribution in [0.5, 0.6) is 0 Å². The number of allylic oxidation sites excluding steroid dienone is 1. The van der Waals surface area contributed by atoms with E-state index in [0.29, 0.717) is 17.8 Å². The Morgan fingerprint density at radius 2 is 2.23 bits per heavy atom. The van der Waals surface area contributed by atoms with E-state index in [4.69, 9.17) is 0 Å². The molecule has 0 spiro atoms. The standard InChI is InChI=1S/C19H27N3O3S/c1-22(17-9-12-26(24,25)14-17)19(23)16-8-11-21-18(13-16)20-10-7-15-5-3-2-4-6-15/h5,8,11,13,17H,2-4,6-7,9-10,12,14H2,1H3,(H,20,21). The van der Waals surface area contributed by atoms with Gasteiger partial charge in [-0.2, -0.15) is 0 Å². The first kappa shape index (κ1) is 18.9.